The summed E-state index contributed by atoms with van der Waals surface area (Å²) < 4.78 is 7.84. The second-order valence-electron chi connectivity index (χ2n) is 5.66. The number of hydrogen-bond donors (Lipinski definition) is 0. The molecule has 2 nitrogen and oxygen atoms in total. The van der Waals surface area contributed by atoms with Gasteiger partial charge in [-0.1, -0.05) is 36.4 Å². The maximum atomic E-state index is 12.1. The fourth-order valence-corrected chi connectivity index (χ4v) is 4.22. The molecule has 0 radical (unpaired) electrons. The predicted octanol–water partition coefficient (Wildman–Crippen LogP) is 6.08. The number of rotatable bonds is 1. The van der Waals surface area contributed by atoms with E-state index >= 15 is 0 Å². The number of para-hydroxylation sites is 1. The molecule has 2 aromatic carbocycles. The van der Waals surface area contributed by atoms with Crippen LogP contribution >= 0.6 is 45.2 Å². The van der Waals surface area contributed by atoms with Crippen molar-refractivity contribution in [1.29, 1.82) is 0 Å². The lowest BCUT2D eigenvalue weighted by Crippen LogP contribution is -2.07. The van der Waals surface area contributed by atoms with E-state index in [1.807, 2.05) is 30.3 Å². The molecule has 118 valence electrons. The average Bonchev–Trinajstić information content (AvgIpc) is 2.58. The van der Waals surface area contributed by atoms with Crippen LogP contribution in [0.1, 0.15) is 5.56 Å². The first kappa shape index (κ1) is 16.1. The molecule has 0 fully saturated rings. The maximum absolute atomic E-state index is 12.1. The van der Waals surface area contributed by atoms with Gasteiger partial charge in [0.05, 0.1) is 3.57 Å². The van der Waals surface area contributed by atoms with Gasteiger partial charge in [-0.25, -0.2) is 0 Å². The molecule has 24 heavy (non-hydrogen) atoms. The fraction of sp³-hybridized carbons (Fsp3) is 0.0500. The van der Waals surface area contributed by atoms with E-state index in [4.69, 9.17) is 4.42 Å². The lowest BCUT2D eigenvalue weighted by molar-refractivity contribution is 0.613. The van der Waals surface area contributed by atoms with Crippen molar-refractivity contribution in [2.45, 2.75) is 6.92 Å². The highest BCUT2D eigenvalue weighted by atomic mass is 127. The molecule has 0 spiro atoms. The SMILES string of the molecule is Cc1ccccc1-c1c2ccc(=O)c(I)c-2oc2c(I)cccc12. The number of aryl methyl sites for hydroxylation is 1. The third-order valence-electron chi connectivity index (χ3n) is 4.19. The zero-order valence-electron chi connectivity index (χ0n) is 12.8. The standard InChI is InChI=1S/C20H12I2O2/c1-11-5-2-3-6-12(11)17-13-7-4-8-15(21)19(13)24-20-14(17)9-10-16(23)18(20)22/h2-10H,1H3. The molecule has 1 heterocycles. The van der Waals surface area contributed by atoms with Crippen molar-refractivity contribution in [3.8, 4) is 22.5 Å². The zero-order valence-corrected chi connectivity index (χ0v) is 17.1. The van der Waals surface area contributed by atoms with Crippen LogP contribution in [0.4, 0.5) is 0 Å². The smallest absolute Gasteiger partial charge is 0.195 e. The van der Waals surface area contributed by atoms with Gasteiger partial charge >= 0.3 is 0 Å². The Hall–Kier alpha value is -1.41. The molecule has 4 rings (SSSR count). The van der Waals surface area contributed by atoms with E-state index in [0.717, 1.165) is 25.7 Å². The molecule has 4 heteroatoms. The summed E-state index contributed by atoms with van der Waals surface area (Å²) >= 11 is 4.36. The molecule has 1 aliphatic heterocycles. The first-order valence-corrected chi connectivity index (χ1v) is 9.63. The van der Waals surface area contributed by atoms with Gasteiger partial charge in [-0.3, -0.25) is 4.79 Å². The zero-order chi connectivity index (χ0) is 16.8. The molecule has 2 aromatic rings. The monoisotopic (exact) mass is 538 g/mol. The predicted molar refractivity (Wildman–Crippen MR) is 115 cm³/mol. The second-order valence-corrected chi connectivity index (χ2v) is 7.90. The number of benzene rings is 3. The van der Waals surface area contributed by atoms with Crippen molar-refractivity contribution in [2.75, 3.05) is 0 Å². The molecule has 0 unspecified atom stereocenters. The molecule has 0 saturated carbocycles. The largest absolute Gasteiger partial charge is 0.454 e. The van der Waals surface area contributed by atoms with E-state index in [-0.39, 0.29) is 5.43 Å². The Kier molecular flexibility index (Phi) is 4.12. The highest BCUT2D eigenvalue weighted by Crippen LogP contribution is 2.43. The van der Waals surface area contributed by atoms with Crippen molar-refractivity contribution < 1.29 is 4.42 Å². The van der Waals surface area contributed by atoms with Crippen LogP contribution in [-0.2, 0) is 0 Å². The highest BCUT2D eigenvalue weighted by Gasteiger charge is 2.22. The van der Waals surface area contributed by atoms with Crippen LogP contribution in [0.3, 0.4) is 0 Å². The Labute approximate surface area is 166 Å². The van der Waals surface area contributed by atoms with E-state index in [9.17, 15) is 4.79 Å². The second kappa shape index (κ2) is 6.15. The van der Waals surface area contributed by atoms with E-state index < -0.39 is 0 Å². The van der Waals surface area contributed by atoms with Gasteiger partial charge < -0.3 is 4.42 Å². The van der Waals surface area contributed by atoms with Crippen LogP contribution in [0.5, 0.6) is 0 Å². The number of fused-ring (bicyclic) bond motifs is 2. The summed E-state index contributed by atoms with van der Waals surface area (Å²) in [6.07, 6.45) is 0. The van der Waals surface area contributed by atoms with Gasteiger partial charge in [-0.2, -0.15) is 0 Å². The molecule has 0 atom stereocenters. The van der Waals surface area contributed by atoms with Crippen LogP contribution in [-0.4, -0.2) is 0 Å². The summed E-state index contributed by atoms with van der Waals surface area (Å²) in [5, 5.41) is 1.07. The van der Waals surface area contributed by atoms with Crippen LogP contribution in [0.25, 0.3) is 33.4 Å². The summed E-state index contributed by atoms with van der Waals surface area (Å²) in [6.45, 7) is 2.11. The number of halogens is 2. The molecular formula is C20H12I2O2. The first-order valence-electron chi connectivity index (χ1n) is 7.47. The molecule has 0 aromatic heterocycles. The van der Waals surface area contributed by atoms with Crippen LogP contribution in [0, 0.1) is 14.1 Å². The Morgan fingerprint density at radius 1 is 0.875 bits per heavy atom. The molecule has 0 saturated heterocycles. The Bertz CT molecular complexity index is 1110. The third kappa shape index (κ3) is 2.47. The summed E-state index contributed by atoms with van der Waals surface area (Å²) in [4.78, 5) is 12.1. The van der Waals surface area contributed by atoms with Gasteiger partial charge in [0.1, 0.15) is 9.15 Å². The lowest BCUT2D eigenvalue weighted by Gasteiger charge is -2.18. The Morgan fingerprint density at radius 3 is 2.46 bits per heavy atom. The lowest BCUT2D eigenvalue weighted by atomic mass is 9.91. The summed E-state index contributed by atoms with van der Waals surface area (Å²) in [6, 6.07) is 18.0. The van der Waals surface area contributed by atoms with Crippen LogP contribution in [0.15, 0.2) is 63.8 Å². The molecule has 1 aliphatic carbocycles. The van der Waals surface area contributed by atoms with Gasteiger partial charge in [-0.05, 0) is 81.4 Å². The molecule has 2 aliphatic rings. The summed E-state index contributed by atoms with van der Waals surface area (Å²) in [5.41, 5.74) is 5.29. The van der Waals surface area contributed by atoms with E-state index in [1.54, 1.807) is 6.07 Å². The topological polar surface area (TPSA) is 30.2 Å². The van der Waals surface area contributed by atoms with Gasteiger partial charge in [0.15, 0.2) is 11.2 Å². The molecule has 0 amide bonds. The highest BCUT2D eigenvalue weighted by molar-refractivity contribution is 14.1. The van der Waals surface area contributed by atoms with Crippen molar-refractivity contribution in [3.63, 3.8) is 0 Å². The van der Waals surface area contributed by atoms with Crippen LogP contribution in [0.2, 0.25) is 0 Å². The quantitative estimate of drug-likeness (QED) is 0.217. The Balaban J connectivity index is 2.29. The van der Waals surface area contributed by atoms with Crippen molar-refractivity contribution in [2.24, 2.45) is 0 Å². The van der Waals surface area contributed by atoms with Gasteiger partial charge in [0.2, 0.25) is 0 Å². The van der Waals surface area contributed by atoms with E-state index in [2.05, 4.69) is 70.3 Å². The molecule has 0 N–H and O–H groups in total. The summed E-state index contributed by atoms with van der Waals surface area (Å²) in [5.74, 6) is 0.665. The summed E-state index contributed by atoms with van der Waals surface area (Å²) in [7, 11) is 0. The minimum Gasteiger partial charge on any atom is -0.454 e. The van der Waals surface area contributed by atoms with Crippen molar-refractivity contribution in [1.82, 2.24) is 0 Å². The molecule has 0 bridgehead atoms. The average molecular weight is 538 g/mol. The third-order valence-corrected chi connectivity index (χ3v) is 6.06. The van der Waals surface area contributed by atoms with E-state index in [1.165, 1.54) is 11.1 Å². The van der Waals surface area contributed by atoms with Crippen LogP contribution < -0.4 is 5.43 Å². The van der Waals surface area contributed by atoms with Crippen molar-refractivity contribution in [3.05, 3.63) is 77.5 Å². The number of hydrogen-bond acceptors (Lipinski definition) is 2. The minimum atomic E-state index is -0.00660. The molecular weight excluding hydrogens is 526 g/mol. The van der Waals surface area contributed by atoms with Gasteiger partial charge in [0, 0.05) is 16.5 Å². The maximum Gasteiger partial charge on any atom is 0.195 e. The van der Waals surface area contributed by atoms with E-state index in [0.29, 0.717) is 9.33 Å². The van der Waals surface area contributed by atoms with Crippen molar-refractivity contribution >= 4 is 56.2 Å². The normalized spacial score (nSPS) is 11.3. The minimum absolute atomic E-state index is 0.00660. The fourth-order valence-electron chi connectivity index (χ4n) is 3.03. The van der Waals surface area contributed by atoms with Gasteiger partial charge in [-0.15, -0.1) is 0 Å². The first-order chi connectivity index (χ1) is 11.6. The Morgan fingerprint density at radius 2 is 1.67 bits per heavy atom. The van der Waals surface area contributed by atoms with Gasteiger partial charge in [0.25, 0.3) is 0 Å².